The summed E-state index contributed by atoms with van der Waals surface area (Å²) < 4.78 is 11.4. The first kappa shape index (κ1) is 16.6. The van der Waals surface area contributed by atoms with Gasteiger partial charge in [0.05, 0.1) is 13.2 Å². The maximum absolute atomic E-state index is 12.3. The van der Waals surface area contributed by atoms with Crippen LogP contribution in [0.25, 0.3) is 6.08 Å². The molecular weight excluding hydrogens is 316 g/mol. The molecule has 0 saturated carbocycles. The Morgan fingerprint density at radius 3 is 2.72 bits per heavy atom. The number of amides is 1. The van der Waals surface area contributed by atoms with Gasteiger partial charge >= 0.3 is 0 Å². The summed E-state index contributed by atoms with van der Waals surface area (Å²) >= 11 is 0. The van der Waals surface area contributed by atoms with Crippen LogP contribution >= 0.6 is 0 Å². The van der Waals surface area contributed by atoms with Crippen LogP contribution in [-0.2, 0) is 11.3 Å². The molecule has 1 aliphatic rings. The van der Waals surface area contributed by atoms with E-state index < -0.39 is 5.91 Å². The minimum atomic E-state index is -0.418. The summed E-state index contributed by atoms with van der Waals surface area (Å²) in [5.74, 6) is 0.787. The lowest BCUT2D eigenvalue weighted by Gasteiger charge is -2.10. The first-order chi connectivity index (χ1) is 12.3. The van der Waals surface area contributed by atoms with E-state index in [0.29, 0.717) is 36.8 Å². The van der Waals surface area contributed by atoms with E-state index in [0.717, 1.165) is 12.0 Å². The van der Waals surface area contributed by atoms with Crippen LogP contribution in [0.5, 0.6) is 11.5 Å². The van der Waals surface area contributed by atoms with E-state index in [1.54, 1.807) is 6.07 Å². The van der Waals surface area contributed by atoms with Crippen molar-refractivity contribution in [1.82, 2.24) is 5.32 Å². The number of carbonyl (C=O) groups is 1. The number of ether oxygens (including phenoxy) is 2. The van der Waals surface area contributed by atoms with Gasteiger partial charge in [-0.2, -0.15) is 5.26 Å². The van der Waals surface area contributed by atoms with Gasteiger partial charge in [0.15, 0.2) is 11.5 Å². The second kappa shape index (κ2) is 8.02. The highest BCUT2D eigenvalue weighted by atomic mass is 16.5. The van der Waals surface area contributed by atoms with Crippen molar-refractivity contribution >= 4 is 12.0 Å². The van der Waals surface area contributed by atoms with Crippen LogP contribution in [0.2, 0.25) is 0 Å². The van der Waals surface area contributed by atoms with Gasteiger partial charge in [-0.1, -0.05) is 42.5 Å². The molecule has 126 valence electrons. The van der Waals surface area contributed by atoms with Gasteiger partial charge in [-0.25, -0.2) is 0 Å². The minimum Gasteiger partial charge on any atom is -0.490 e. The van der Waals surface area contributed by atoms with Gasteiger partial charge in [0.1, 0.15) is 11.6 Å². The summed E-state index contributed by atoms with van der Waals surface area (Å²) in [6, 6.07) is 16.9. The minimum absolute atomic E-state index is 0.0252. The zero-order valence-electron chi connectivity index (χ0n) is 13.7. The van der Waals surface area contributed by atoms with Crippen LogP contribution in [-0.4, -0.2) is 19.1 Å². The lowest BCUT2D eigenvalue weighted by atomic mass is 10.1. The van der Waals surface area contributed by atoms with Crippen molar-refractivity contribution in [3.8, 4) is 17.6 Å². The first-order valence-corrected chi connectivity index (χ1v) is 8.10. The number of hydrogen-bond donors (Lipinski definition) is 1. The molecule has 0 radical (unpaired) electrons. The van der Waals surface area contributed by atoms with E-state index in [4.69, 9.17) is 9.47 Å². The predicted octanol–water partition coefficient (Wildman–Crippen LogP) is 3.07. The molecule has 1 aliphatic heterocycles. The molecule has 3 rings (SSSR count). The van der Waals surface area contributed by atoms with E-state index >= 15 is 0 Å². The summed E-state index contributed by atoms with van der Waals surface area (Å²) in [4.78, 5) is 12.3. The van der Waals surface area contributed by atoms with Gasteiger partial charge in [-0.15, -0.1) is 0 Å². The number of para-hydroxylation sites is 1. The highest BCUT2D eigenvalue weighted by molar-refractivity contribution is 6.02. The Labute approximate surface area is 146 Å². The molecule has 2 aromatic rings. The molecule has 0 unspecified atom stereocenters. The molecule has 1 amide bonds. The molecular formula is C20H18N2O3. The molecule has 0 bridgehead atoms. The summed E-state index contributed by atoms with van der Waals surface area (Å²) in [5.41, 5.74) is 1.65. The maximum Gasteiger partial charge on any atom is 0.262 e. The van der Waals surface area contributed by atoms with Crippen molar-refractivity contribution in [3.05, 3.63) is 65.2 Å². The summed E-state index contributed by atoms with van der Waals surface area (Å²) in [7, 11) is 0. The summed E-state index contributed by atoms with van der Waals surface area (Å²) in [6.45, 7) is 1.49. The number of nitrogens with one attached hydrogen (secondary N) is 1. The average Bonchev–Trinajstić information content (AvgIpc) is 2.91. The van der Waals surface area contributed by atoms with Crippen molar-refractivity contribution in [1.29, 1.82) is 5.26 Å². The third-order valence-electron chi connectivity index (χ3n) is 3.76. The Balaban J connectivity index is 1.79. The molecule has 0 spiro atoms. The van der Waals surface area contributed by atoms with E-state index in [9.17, 15) is 10.1 Å². The number of nitrogens with zero attached hydrogens (tertiary/aromatic N) is 1. The Morgan fingerprint density at radius 1 is 1.12 bits per heavy atom. The molecule has 0 aliphatic carbocycles. The van der Waals surface area contributed by atoms with Crippen molar-refractivity contribution in [3.63, 3.8) is 0 Å². The van der Waals surface area contributed by atoms with Crippen LogP contribution in [0.1, 0.15) is 17.5 Å². The van der Waals surface area contributed by atoms with Gasteiger partial charge < -0.3 is 14.8 Å². The smallest absolute Gasteiger partial charge is 0.262 e. The standard InChI is InChI=1S/C20H18N2O3/c21-13-17(20(23)22-14-15-6-2-1-3-7-15)12-16-8-4-9-18-19(16)25-11-5-10-24-18/h1-4,6-9,12H,5,10-11,14H2,(H,22,23). The van der Waals surface area contributed by atoms with Crippen LogP contribution in [0, 0.1) is 11.3 Å². The molecule has 5 nitrogen and oxygen atoms in total. The Bertz CT molecular complexity index is 823. The normalized spacial score (nSPS) is 13.5. The van der Waals surface area contributed by atoms with Crippen molar-refractivity contribution in [2.75, 3.05) is 13.2 Å². The first-order valence-electron chi connectivity index (χ1n) is 8.10. The topological polar surface area (TPSA) is 71.3 Å². The largest absolute Gasteiger partial charge is 0.490 e. The third kappa shape index (κ3) is 4.18. The number of nitriles is 1. The van der Waals surface area contributed by atoms with Gasteiger partial charge in [0, 0.05) is 18.5 Å². The summed E-state index contributed by atoms with van der Waals surface area (Å²) in [5, 5.41) is 12.1. The SMILES string of the molecule is N#CC(=Cc1cccc2c1OCCCO2)C(=O)NCc1ccccc1. The summed E-state index contributed by atoms with van der Waals surface area (Å²) in [6.07, 6.45) is 2.33. The van der Waals surface area contributed by atoms with Crippen molar-refractivity contribution < 1.29 is 14.3 Å². The van der Waals surface area contributed by atoms with E-state index in [1.807, 2.05) is 48.5 Å². The lowest BCUT2D eigenvalue weighted by Crippen LogP contribution is -2.23. The van der Waals surface area contributed by atoms with Gasteiger partial charge in [0.2, 0.25) is 0 Å². The van der Waals surface area contributed by atoms with Crippen LogP contribution < -0.4 is 14.8 Å². The second-order valence-corrected chi connectivity index (χ2v) is 5.56. The number of hydrogen-bond acceptors (Lipinski definition) is 4. The van der Waals surface area contributed by atoms with Crippen LogP contribution in [0.15, 0.2) is 54.1 Å². The average molecular weight is 334 g/mol. The number of benzene rings is 2. The highest BCUT2D eigenvalue weighted by Crippen LogP contribution is 2.34. The highest BCUT2D eigenvalue weighted by Gasteiger charge is 2.16. The maximum atomic E-state index is 12.3. The van der Waals surface area contributed by atoms with E-state index in [2.05, 4.69) is 5.32 Å². The van der Waals surface area contributed by atoms with Gasteiger partial charge in [-0.05, 0) is 17.7 Å². The fourth-order valence-corrected chi connectivity index (χ4v) is 2.51. The quantitative estimate of drug-likeness (QED) is 0.689. The lowest BCUT2D eigenvalue weighted by molar-refractivity contribution is -0.117. The Hall–Kier alpha value is -3.26. The predicted molar refractivity (Wildman–Crippen MR) is 93.9 cm³/mol. The third-order valence-corrected chi connectivity index (χ3v) is 3.76. The molecule has 0 atom stereocenters. The number of carbonyl (C=O) groups excluding carboxylic acids is 1. The fraction of sp³-hybridized carbons (Fsp3) is 0.200. The molecule has 0 aromatic heterocycles. The molecule has 25 heavy (non-hydrogen) atoms. The van der Waals surface area contributed by atoms with Crippen LogP contribution in [0.4, 0.5) is 0 Å². The molecule has 1 heterocycles. The molecule has 0 saturated heterocycles. The molecule has 0 fully saturated rings. The molecule has 5 heteroatoms. The zero-order chi connectivity index (χ0) is 17.5. The second-order valence-electron chi connectivity index (χ2n) is 5.56. The number of fused-ring (bicyclic) bond motifs is 1. The molecule has 1 N–H and O–H groups in total. The number of rotatable bonds is 4. The fourth-order valence-electron chi connectivity index (χ4n) is 2.51. The zero-order valence-corrected chi connectivity index (χ0v) is 13.7. The van der Waals surface area contributed by atoms with Gasteiger partial charge in [0.25, 0.3) is 5.91 Å². The molecule has 2 aromatic carbocycles. The Kier molecular flexibility index (Phi) is 5.32. The monoisotopic (exact) mass is 334 g/mol. The van der Waals surface area contributed by atoms with Crippen LogP contribution in [0.3, 0.4) is 0 Å². The van der Waals surface area contributed by atoms with Crippen molar-refractivity contribution in [2.45, 2.75) is 13.0 Å². The van der Waals surface area contributed by atoms with E-state index in [-0.39, 0.29) is 5.57 Å². The van der Waals surface area contributed by atoms with E-state index in [1.165, 1.54) is 6.08 Å². The Morgan fingerprint density at radius 2 is 1.92 bits per heavy atom. The van der Waals surface area contributed by atoms with Gasteiger partial charge in [-0.3, -0.25) is 4.79 Å². The van der Waals surface area contributed by atoms with Crippen molar-refractivity contribution in [2.24, 2.45) is 0 Å².